The van der Waals surface area contributed by atoms with E-state index in [4.69, 9.17) is 16.7 Å². The Labute approximate surface area is 155 Å². The molecule has 2 N–H and O–H groups in total. The van der Waals surface area contributed by atoms with Gasteiger partial charge in [-0.2, -0.15) is 0 Å². The lowest BCUT2D eigenvalue weighted by Gasteiger charge is -2.16. The van der Waals surface area contributed by atoms with Crippen LogP contribution >= 0.6 is 23.4 Å². The number of thioether (sulfide) groups is 1. The summed E-state index contributed by atoms with van der Waals surface area (Å²) >= 11 is 7.26. The zero-order valence-corrected chi connectivity index (χ0v) is 15.1. The minimum Gasteiger partial charge on any atom is -0.481 e. The van der Waals surface area contributed by atoms with E-state index in [1.165, 1.54) is 11.8 Å². The fraction of sp³-hybridized carbons (Fsp3) is 0.263. The molecule has 0 bridgehead atoms. The van der Waals surface area contributed by atoms with E-state index in [2.05, 4.69) is 5.32 Å². The van der Waals surface area contributed by atoms with Crippen molar-refractivity contribution in [1.29, 1.82) is 0 Å². The Morgan fingerprint density at radius 2 is 1.88 bits per heavy atom. The lowest BCUT2D eigenvalue weighted by Crippen LogP contribution is -2.27. The molecule has 0 aliphatic heterocycles. The maximum Gasteiger partial charge on any atom is 0.313 e. The topological polar surface area (TPSA) is 66.4 Å². The SMILES string of the molecule is O=C(O)CSCc1cccc(NC(=O)C2(c3ccc(Cl)cc3)CC2)c1. The van der Waals surface area contributed by atoms with E-state index in [-0.39, 0.29) is 11.7 Å². The van der Waals surface area contributed by atoms with Crippen molar-refractivity contribution in [3.05, 3.63) is 64.7 Å². The van der Waals surface area contributed by atoms with Crippen LogP contribution in [0.5, 0.6) is 0 Å². The Morgan fingerprint density at radius 3 is 2.52 bits per heavy atom. The number of nitrogens with one attached hydrogen (secondary N) is 1. The van der Waals surface area contributed by atoms with Crippen LogP contribution in [0.1, 0.15) is 24.0 Å². The minimum absolute atomic E-state index is 0.00911. The molecule has 0 aromatic heterocycles. The third-order valence-electron chi connectivity index (χ3n) is 4.26. The second-order valence-electron chi connectivity index (χ2n) is 6.13. The van der Waals surface area contributed by atoms with Gasteiger partial charge in [0.2, 0.25) is 5.91 Å². The molecule has 6 heteroatoms. The van der Waals surface area contributed by atoms with Crippen LogP contribution in [0.2, 0.25) is 5.02 Å². The molecule has 130 valence electrons. The number of hydrogen-bond donors (Lipinski definition) is 2. The largest absolute Gasteiger partial charge is 0.481 e. The number of amides is 1. The standard InChI is InChI=1S/C19H18ClNO3S/c20-15-6-4-14(5-7-15)19(8-9-19)18(24)21-16-3-1-2-13(10-16)11-25-12-17(22)23/h1-7,10H,8-9,11-12H2,(H,21,24)(H,22,23). The van der Waals surface area contributed by atoms with E-state index < -0.39 is 11.4 Å². The van der Waals surface area contributed by atoms with Gasteiger partial charge in [-0.05, 0) is 48.2 Å². The van der Waals surface area contributed by atoms with Gasteiger partial charge in [0.1, 0.15) is 0 Å². The van der Waals surface area contributed by atoms with E-state index in [0.29, 0.717) is 10.8 Å². The van der Waals surface area contributed by atoms with Gasteiger partial charge in [0.15, 0.2) is 0 Å². The van der Waals surface area contributed by atoms with E-state index in [9.17, 15) is 9.59 Å². The fourth-order valence-electron chi connectivity index (χ4n) is 2.79. The van der Waals surface area contributed by atoms with Crippen molar-refractivity contribution < 1.29 is 14.7 Å². The minimum atomic E-state index is -0.826. The Kier molecular flexibility index (Phi) is 5.35. The third-order valence-corrected chi connectivity index (χ3v) is 5.50. The highest BCUT2D eigenvalue weighted by Crippen LogP contribution is 2.49. The first kappa shape index (κ1) is 17.8. The molecule has 1 fully saturated rings. The Balaban J connectivity index is 1.67. The van der Waals surface area contributed by atoms with E-state index in [0.717, 1.165) is 29.7 Å². The van der Waals surface area contributed by atoms with Gasteiger partial charge in [-0.15, -0.1) is 11.8 Å². The monoisotopic (exact) mass is 375 g/mol. The second-order valence-corrected chi connectivity index (χ2v) is 7.55. The van der Waals surface area contributed by atoms with Crippen LogP contribution in [-0.4, -0.2) is 22.7 Å². The lowest BCUT2D eigenvalue weighted by molar-refractivity contribution is -0.133. The van der Waals surface area contributed by atoms with Crippen molar-refractivity contribution in [3.8, 4) is 0 Å². The first-order valence-electron chi connectivity index (χ1n) is 7.96. The normalized spacial score (nSPS) is 14.8. The zero-order chi connectivity index (χ0) is 17.9. The predicted molar refractivity (Wildman–Crippen MR) is 101 cm³/mol. The molecule has 2 aromatic carbocycles. The molecule has 1 saturated carbocycles. The zero-order valence-electron chi connectivity index (χ0n) is 13.5. The van der Waals surface area contributed by atoms with Crippen LogP contribution < -0.4 is 5.32 Å². The third kappa shape index (κ3) is 4.35. The molecule has 25 heavy (non-hydrogen) atoms. The summed E-state index contributed by atoms with van der Waals surface area (Å²) in [6, 6.07) is 15.0. The van der Waals surface area contributed by atoms with Gasteiger partial charge in [-0.1, -0.05) is 35.9 Å². The van der Waals surface area contributed by atoms with Crippen LogP contribution in [0.25, 0.3) is 0 Å². The summed E-state index contributed by atoms with van der Waals surface area (Å²) in [6.07, 6.45) is 1.66. The highest BCUT2D eigenvalue weighted by Gasteiger charge is 2.51. The van der Waals surface area contributed by atoms with Crippen LogP contribution in [0.4, 0.5) is 5.69 Å². The maximum absolute atomic E-state index is 12.8. The maximum atomic E-state index is 12.8. The Bertz CT molecular complexity index is 788. The van der Waals surface area contributed by atoms with Crippen molar-refractivity contribution in [1.82, 2.24) is 0 Å². The first-order valence-corrected chi connectivity index (χ1v) is 9.49. The Hall–Kier alpha value is -1.98. The number of carboxylic acids is 1. The number of anilines is 1. The summed E-state index contributed by atoms with van der Waals surface area (Å²) in [5, 5.41) is 12.4. The van der Waals surface area contributed by atoms with Crippen LogP contribution in [0, 0.1) is 0 Å². The fourth-order valence-corrected chi connectivity index (χ4v) is 3.60. The average Bonchev–Trinajstić information content (AvgIpc) is 3.37. The summed E-state index contributed by atoms with van der Waals surface area (Å²) in [4.78, 5) is 23.4. The highest BCUT2D eigenvalue weighted by molar-refractivity contribution is 7.99. The van der Waals surface area contributed by atoms with E-state index in [1.54, 1.807) is 0 Å². The number of benzene rings is 2. The Morgan fingerprint density at radius 1 is 1.16 bits per heavy atom. The average molecular weight is 376 g/mol. The van der Waals surface area contributed by atoms with Gasteiger partial charge >= 0.3 is 5.97 Å². The van der Waals surface area contributed by atoms with Crippen molar-refractivity contribution in [2.24, 2.45) is 0 Å². The number of halogens is 1. The van der Waals surface area contributed by atoms with Gasteiger partial charge in [0.05, 0.1) is 11.2 Å². The van der Waals surface area contributed by atoms with Crippen molar-refractivity contribution in [3.63, 3.8) is 0 Å². The molecule has 4 nitrogen and oxygen atoms in total. The summed E-state index contributed by atoms with van der Waals surface area (Å²) in [7, 11) is 0. The van der Waals surface area contributed by atoms with Crippen LogP contribution in [0.3, 0.4) is 0 Å². The number of carbonyl (C=O) groups excluding carboxylic acids is 1. The molecule has 1 amide bonds. The predicted octanol–water partition coefficient (Wildman–Crippen LogP) is 4.33. The van der Waals surface area contributed by atoms with Crippen molar-refractivity contribution >= 4 is 40.9 Å². The summed E-state index contributed by atoms with van der Waals surface area (Å²) in [5.41, 5.74) is 2.25. The van der Waals surface area contributed by atoms with Gasteiger partial charge in [-0.25, -0.2) is 0 Å². The highest BCUT2D eigenvalue weighted by atomic mass is 35.5. The van der Waals surface area contributed by atoms with Crippen LogP contribution in [0.15, 0.2) is 48.5 Å². The molecular formula is C19H18ClNO3S. The quantitative estimate of drug-likeness (QED) is 0.756. The summed E-state index contributed by atoms with van der Waals surface area (Å²) in [6.45, 7) is 0. The molecule has 0 unspecified atom stereocenters. The molecule has 0 radical (unpaired) electrons. The second kappa shape index (κ2) is 7.50. The number of aliphatic carboxylic acids is 1. The number of carbonyl (C=O) groups is 2. The number of rotatable bonds is 7. The molecule has 1 aliphatic rings. The molecule has 2 aromatic rings. The molecular weight excluding hydrogens is 358 g/mol. The molecule has 3 rings (SSSR count). The number of carboxylic acid groups (broad SMARTS) is 1. The van der Waals surface area contributed by atoms with Gasteiger partial charge in [0, 0.05) is 16.5 Å². The molecule has 0 atom stereocenters. The van der Waals surface area contributed by atoms with Gasteiger partial charge < -0.3 is 10.4 Å². The molecule has 0 saturated heterocycles. The summed E-state index contributed by atoms with van der Waals surface area (Å²) < 4.78 is 0. The smallest absolute Gasteiger partial charge is 0.313 e. The number of hydrogen-bond acceptors (Lipinski definition) is 3. The van der Waals surface area contributed by atoms with Crippen LogP contribution in [-0.2, 0) is 20.8 Å². The molecule has 0 spiro atoms. The summed E-state index contributed by atoms with van der Waals surface area (Å²) in [5.74, 6) is -0.174. The molecule has 0 heterocycles. The van der Waals surface area contributed by atoms with E-state index in [1.807, 2.05) is 48.5 Å². The molecule has 1 aliphatic carbocycles. The lowest BCUT2D eigenvalue weighted by atomic mass is 9.95. The van der Waals surface area contributed by atoms with Crippen molar-refractivity contribution in [2.45, 2.75) is 24.0 Å². The van der Waals surface area contributed by atoms with Crippen molar-refractivity contribution in [2.75, 3.05) is 11.1 Å². The van der Waals surface area contributed by atoms with Gasteiger partial charge in [0.25, 0.3) is 0 Å². The first-order chi connectivity index (χ1) is 12.0. The van der Waals surface area contributed by atoms with E-state index >= 15 is 0 Å². The van der Waals surface area contributed by atoms with Gasteiger partial charge in [-0.3, -0.25) is 9.59 Å².